The molecule has 0 saturated heterocycles. The van der Waals surface area contributed by atoms with E-state index in [1.807, 2.05) is 11.3 Å². The largest absolute Gasteiger partial charge is 0.370 e. The number of unbranched alkanes of at least 4 members (excludes halogenated alkanes) is 1. The number of nitrogens with one attached hydrogen (secondary N) is 1. The van der Waals surface area contributed by atoms with Crippen LogP contribution in [-0.2, 0) is 17.8 Å². The second-order valence-corrected chi connectivity index (χ2v) is 10.00. The molecule has 138 valence electrons. The maximum Gasteiger partial charge on any atom is 0.190 e. The summed E-state index contributed by atoms with van der Waals surface area (Å²) in [4.78, 5) is 11.0. The number of hydrogen-bond donors (Lipinski definition) is 2. The number of thiophene rings is 1. The number of anilines is 1. The summed E-state index contributed by atoms with van der Waals surface area (Å²) in [6.45, 7) is 10.9. The van der Waals surface area contributed by atoms with Gasteiger partial charge in [-0.05, 0) is 33.2 Å². The summed E-state index contributed by atoms with van der Waals surface area (Å²) < 4.78 is 7.20. The van der Waals surface area contributed by atoms with Crippen molar-refractivity contribution >= 4 is 39.1 Å². The Hall–Kier alpha value is -0.890. The van der Waals surface area contributed by atoms with Crippen LogP contribution in [-0.4, -0.2) is 33.9 Å². The van der Waals surface area contributed by atoms with Gasteiger partial charge in [-0.2, -0.15) is 0 Å². The first kappa shape index (κ1) is 18.9. The lowest BCUT2D eigenvalue weighted by molar-refractivity contribution is -0.0383. The fraction of sp³-hybridized carbons (Fsp3) is 0.667. The van der Waals surface area contributed by atoms with Crippen molar-refractivity contribution in [3.8, 4) is 0 Å². The molecule has 0 radical (unpaired) electrons. The van der Waals surface area contributed by atoms with Crippen molar-refractivity contribution in [2.45, 2.75) is 69.6 Å². The van der Waals surface area contributed by atoms with Gasteiger partial charge in [0.1, 0.15) is 5.82 Å². The maximum absolute atomic E-state index is 6.04. The summed E-state index contributed by atoms with van der Waals surface area (Å²) in [5.74, 6) is 0.961. The van der Waals surface area contributed by atoms with Crippen LogP contribution in [0, 0.1) is 0 Å². The summed E-state index contributed by atoms with van der Waals surface area (Å²) in [6.07, 6.45) is 3.01. The topological polar surface area (TPSA) is 73.1 Å². The van der Waals surface area contributed by atoms with Gasteiger partial charge in [-0.3, -0.25) is 0 Å². The Morgan fingerprint density at radius 1 is 1.32 bits per heavy atom. The minimum Gasteiger partial charge on any atom is -0.370 e. The predicted octanol–water partition coefficient (Wildman–Crippen LogP) is 4.19. The Morgan fingerprint density at radius 3 is 2.84 bits per heavy atom. The van der Waals surface area contributed by atoms with Gasteiger partial charge in [-0.1, -0.05) is 25.6 Å². The molecular weight excluding hydrogens is 352 g/mol. The number of rotatable bonds is 7. The van der Waals surface area contributed by atoms with E-state index in [2.05, 4.69) is 33.0 Å². The molecule has 2 aromatic heterocycles. The van der Waals surface area contributed by atoms with Gasteiger partial charge < -0.3 is 15.8 Å². The zero-order chi connectivity index (χ0) is 18.0. The molecule has 0 fully saturated rings. The second kappa shape index (κ2) is 7.78. The van der Waals surface area contributed by atoms with Gasteiger partial charge in [0.2, 0.25) is 0 Å². The van der Waals surface area contributed by atoms with Crippen molar-refractivity contribution in [2.24, 2.45) is 5.73 Å². The number of fused-ring (bicyclic) bond motifs is 3. The van der Waals surface area contributed by atoms with Crippen molar-refractivity contribution in [3.63, 3.8) is 0 Å². The van der Waals surface area contributed by atoms with Crippen LogP contribution in [0.2, 0.25) is 0 Å². The molecule has 7 heteroatoms. The van der Waals surface area contributed by atoms with E-state index in [-0.39, 0.29) is 5.60 Å². The smallest absolute Gasteiger partial charge is 0.190 e. The normalized spacial score (nSPS) is 16.4. The van der Waals surface area contributed by atoms with Crippen molar-refractivity contribution in [2.75, 3.05) is 18.4 Å². The van der Waals surface area contributed by atoms with Crippen LogP contribution in [0.25, 0.3) is 10.2 Å². The van der Waals surface area contributed by atoms with E-state index >= 15 is 0 Å². The molecule has 3 rings (SSSR count). The zero-order valence-corrected chi connectivity index (χ0v) is 17.1. The third kappa shape index (κ3) is 4.45. The molecule has 0 aliphatic carbocycles. The predicted molar refractivity (Wildman–Crippen MR) is 108 cm³/mol. The number of aromatic nitrogens is 2. The molecule has 0 saturated carbocycles. The molecule has 2 aromatic rings. The Kier molecular flexibility index (Phi) is 5.88. The lowest BCUT2D eigenvalue weighted by Crippen LogP contribution is -2.30. The molecular formula is C18H28N4OS2. The van der Waals surface area contributed by atoms with Crippen molar-refractivity contribution in [1.29, 1.82) is 0 Å². The average molecular weight is 381 g/mol. The highest BCUT2D eigenvalue weighted by Crippen LogP contribution is 2.41. The lowest BCUT2D eigenvalue weighted by atomic mass is 9.98. The Balaban J connectivity index is 1.98. The molecule has 0 atom stereocenters. The van der Waals surface area contributed by atoms with Crippen molar-refractivity contribution in [1.82, 2.24) is 9.97 Å². The van der Waals surface area contributed by atoms with E-state index < -0.39 is 0 Å². The standard InChI is InChI=1S/C18H28N4OS2/c1-11(2)24-17-21-14-12-10-23-18(3,4)9-13(12)25-15(14)16(22-17)20-8-6-5-7-19/h11H,5-10,19H2,1-4H3,(H,20,21,22). The fourth-order valence-corrected chi connectivity index (χ4v) is 5.04. The molecule has 25 heavy (non-hydrogen) atoms. The first-order valence-electron chi connectivity index (χ1n) is 8.96. The van der Waals surface area contributed by atoms with Crippen LogP contribution >= 0.6 is 23.1 Å². The number of nitrogens with zero attached hydrogens (tertiary/aromatic N) is 2. The van der Waals surface area contributed by atoms with Crippen LogP contribution in [0.1, 0.15) is 51.0 Å². The second-order valence-electron chi connectivity index (χ2n) is 7.35. The first-order valence-corrected chi connectivity index (χ1v) is 10.7. The van der Waals surface area contributed by atoms with Crippen LogP contribution in [0.3, 0.4) is 0 Å². The van der Waals surface area contributed by atoms with E-state index in [0.29, 0.717) is 11.9 Å². The molecule has 0 bridgehead atoms. The fourth-order valence-electron chi connectivity index (χ4n) is 2.90. The molecule has 0 amide bonds. The van der Waals surface area contributed by atoms with Crippen molar-refractivity contribution < 1.29 is 4.74 Å². The zero-order valence-electron chi connectivity index (χ0n) is 15.5. The highest BCUT2D eigenvalue weighted by Gasteiger charge is 2.30. The monoisotopic (exact) mass is 380 g/mol. The van der Waals surface area contributed by atoms with Crippen LogP contribution in [0.15, 0.2) is 5.16 Å². The molecule has 0 spiro atoms. The van der Waals surface area contributed by atoms with Crippen LogP contribution < -0.4 is 11.1 Å². The summed E-state index contributed by atoms with van der Waals surface area (Å²) in [5, 5.41) is 4.81. The van der Waals surface area contributed by atoms with Gasteiger partial charge in [0.05, 0.1) is 22.4 Å². The summed E-state index contributed by atoms with van der Waals surface area (Å²) in [7, 11) is 0. The van der Waals surface area contributed by atoms with Gasteiger partial charge in [0, 0.05) is 28.7 Å². The Labute approximate surface area is 158 Å². The van der Waals surface area contributed by atoms with Gasteiger partial charge >= 0.3 is 0 Å². The van der Waals surface area contributed by atoms with E-state index in [1.54, 1.807) is 11.8 Å². The Bertz CT molecular complexity index is 742. The molecule has 0 unspecified atom stereocenters. The molecule has 1 aliphatic heterocycles. The average Bonchev–Trinajstić information content (AvgIpc) is 2.87. The van der Waals surface area contributed by atoms with E-state index in [0.717, 1.165) is 53.5 Å². The third-order valence-electron chi connectivity index (χ3n) is 4.15. The van der Waals surface area contributed by atoms with Gasteiger partial charge in [0.25, 0.3) is 0 Å². The number of ether oxygens (including phenoxy) is 1. The highest BCUT2D eigenvalue weighted by molar-refractivity contribution is 7.99. The van der Waals surface area contributed by atoms with E-state index in [4.69, 9.17) is 20.4 Å². The minimum absolute atomic E-state index is 0.106. The third-order valence-corrected chi connectivity index (χ3v) is 6.24. The lowest BCUT2D eigenvalue weighted by Gasteiger charge is -2.29. The SMILES string of the molecule is CC(C)Sc1nc(NCCCCN)c2sc3c(c2n1)COC(C)(C)C3. The maximum atomic E-state index is 6.04. The first-order chi connectivity index (χ1) is 11.9. The quantitative estimate of drug-likeness (QED) is 0.426. The summed E-state index contributed by atoms with van der Waals surface area (Å²) >= 11 is 3.53. The van der Waals surface area contributed by atoms with E-state index in [9.17, 15) is 0 Å². The van der Waals surface area contributed by atoms with Gasteiger partial charge in [-0.15, -0.1) is 11.3 Å². The molecule has 3 heterocycles. The summed E-state index contributed by atoms with van der Waals surface area (Å²) in [5.41, 5.74) is 7.81. The van der Waals surface area contributed by atoms with Crippen LogP contribution in [0.4, 0.5) is 5.82 Å². The van der Waals surface area contributed by atoms with E-state index in [1.165, 1.54) is 10.4 Å². The molecule has 5 nitrogen and oxygen atoms in total. The number of nitrogens with two attached hydrogens (primary N) is 1. The molecule has 3 N–H and O–H groups in total. The molecule has 0 aromatic carbocycles. The van der Waals surface area contributed by atoms with Crippen LogP contribution in [0.5, 0.6) is 0 Å². The Morgan fingerprint density at radius 2 is 2.12 bits per heavy atom. The molecule has 1 aliphatic rings. The number of thioether (sulfide) groups is 1. The minimum atomic E-state index is -0.106. The number of hydrogen-bond acceptors (Lipinski definition) is 7. The van der Waals surface area contributed by atoms with Gasteiger partial charge in [0.15, 0.2) is 5.16 Å². The highest BCUT2D eigenvalue weighted by atomic mass is 32.2. The van der Waals surface area contributed by atoms with Gasteiger partial charge in [-0.25, -0.2) is 9.97 Å². The summed E-state index contributed by atoms with van der Waals surface area (Å²) in [6, 6.07) is 0. The van der Waals surface area contributed by atoms with Crippen molar-refractivity contribution in [3.05, 3.63) is 10.4 Å².